The smallest absolute Gasteiger partial charge is 0.246 e. The van der Waals surface area contributed by atoms with Crippen molar-refractivity contribution < 1.29 is 9.32 Å². The lowest BCUT2D eigenvalue weighted by Gasteiger charge is -2.34. The van der Waals surface area contributed by atoms with Gasteiger partial charge in [0.2, 0.25) is 11.8 Å². The molecule has 0 spiro atoms. The van der Waals surface area contributed by atoms with Crippen molar-refractivity contribution in [2.75, 3.05) is 0 Å². The normalized spacial score (nSPS) is 17.5. The molecule has 1 aliphatic carbocycles. The van der Waals surface area contributed by atoms with Crippen LogP contribution in [0.1, 0.15) is 50.7 Å². The first kappa shape index (κ1) is 12.0. The Bertz CT molecular complexity index is 398. The molecule has 1 fully saturated rings. The molecule has 3 N–H and O–H groups in total. The quantitative estimate of drug-likeness (QED) is 0.792. The highest BCUT2D eigenvalue weighted by atomic mass is 16.5. The molecule has 0 saturated heterocycles. The summed E-state index contributed by atoms with van der Waals surface area (Å²) < 4.78 is 5.06. The van der Waals surface area contributed by atoms with E-state index in [2.05, 4.69) is 15.5 Å². The molecule has 1 aromatic rings. The van der Waals surface area contributed by atoms with Gasteiger partial charge in [0.25, 0.3) is 0 Å². The molecule has 1 aliphatic rings. The number of hydrogen-bond donors (Lipinski definition) is 2. The predicted molar refractivity (Wildman–Crippen MR) is 60.8 cm³/mol. The van der Waals surface area contributed by atoms with Crippen molar-refractivity contribution in [2.45, 2.75) is 51.1 Å². The van der Waals surface area contributed by atoms with Crippen LogP contribution in [0.4, 0.5) is 0 Å². The Hall–Kier alpha value is -1.43. The van der Waals surface area contributed by atoms with Crippen molar-refractivity contribution in [1.82, 2.24) is 15.5 Å². The van der Waals surface area contributed by atoms with Crippen molar-refractivity contribution in [3.63, 3.8) is 0 Å². The highest BCUT2D eigenvalue weighted by Gasteiger charge is 2.38. The zero-order valence-corrected chi connectivity index (χ0v) is 10.0. The summed E-state index contributed by atoms with van der Waals surface area (Å²) in [5, 5.41) is 6.60. The van der Waals surface area contributed by atoms with Crippen LogP contribution in [0, 0.1) is 0 Å². The van der Waals surface area contributed by atoms with E-state index in [0.717, 1.165) is 25.7 Å². The fraction of sp³-hybridized carbons (Fsp3) is 0.727. The molecular weight excluding hydrogens is 220 g/mol. The van der Waals surface area contributed by atoms with Gasteiger partial charge in [0, 0.05) is 6.42 Å². The van der Waals surface area contributed by atoms with E-state index in [1.807, 2.05) is 6.92 Å². The van der Waals surface area contributed by atoms with Crippen LogP contribution in [-0.2, 0) is 16.9 Å². The minimum absolute atomic E-state index is 0.00152. The Labute approximate surface area is 99.9 Å². The third-order valence-corrected chi connectivity index (χ3v) is 3.07. The minimum Gasteiger partial charge on any atom is -0.347 e. The van der Waals surface area contributed by atoms with Crippen LogP contribution in [0.3, 0.4) is 0 Å². The van der Waals surface area contributed by atoms with Gasteiger partial charge in [0.1, 0.15) is 0 Å². The second-order valence-corrected chi connectivity index (χ2v) is 4.55. The summed E-state index contributed by atoms with van der Waals surface area (Å²) in [5.74, 6) is 0.975. The maximum atomic E-state index is 11.3. The fourth-order valence-corrected chi connectivity index (χ4v) is 1.80. The first-order chi connectivity index (χ1) is 8.14. The van der Waals surface area contributed by atoms with Gasteiger partial charge in [0.05, 0.1) is 12.1 Å². The summed E-state index contributed by atoms with van der Waals surface area (Å²) in [5.41, 5.74) is 5.66. The Balaban J connectivity index is 1.88. The molecule has 6 nitrogen and oxygen atoms in total. The van der Waals surface area contributed by atoms with Gasteiger partial charge in [-0.05, 0) is 25.7 Å². The van der Waals surface area contributed by atoms with E-state index >= 15 is 0 Å². The molecule has 0 aromatic carbocycles. The lowest BCUT2D eigenvalue weighted by molar-refractivity contribution is -0.121. The molecule has 2 rings (SSSR count). The average molecular weight is 238 g/mol. The minimum atomic E-state index is -0.408. The summed E-state index contributed by atoms with van der Waals surface area (Å²) in [7, 11) is 0. The molecule has 1 amide bonds. The molecular formula is C11H18N4O2. The molecule has 1 saturated carbocycles. The number of nitrogens with one attached hydrogen (secondary N) is 1. The van der Waals surface area contributed by atoms with Gasteiger partial charge in [-0.15, -0.1) is 0 Å². The first-order valence-corrected chi connectivity index (χ1v) is 6.03. The zero-order chi connectivity index (χ0) is 12.3. The average Bonchev–Trinajstić information content (AvgIpc) is 2.72. The maximum absolute atomic E-state index is 11.3. The van der Waals surface area contributed by atoms with E-state index < -0.39 is 5.54 Å². The van der Waals surface area contributed by atoms with Gasteiger partial charge in [-0.2, -0.15) is 4.98 Å². The van der Waals surface area contributed by atoms with Gasteiger partial charge < -0.3 is 15.6 Å². The van der Waals surface area contributed by atoms with Crippen molar-refractivity contribution >= 4 is 5.91 Å². The van der Waals surface area contributed by atoms with E-state index in [9.17, 15) is 4.79 Å². The van der Waals surface area contributed by atoms with E-state index in [1.54, 1.807) is 0 Å². The number of carbonyl (C=O) groups excluding carboxylic acids is 1. The summed E-state index contributed by atoms with van der Waals surface area (Å²) >= 11 is 0. The Morgan fingerprint density at radius 1 is 1.59 bits per heavy atom. The molecule has 0 atom stereocenters. The van der Waals surface area contributed by atoms with Crippen LogP contribution in [0.2, 0.25) is 0 Å². The van der Waals surface area contributed by atoms with Crippen LogP contribution in [-0.4, -0.2) is 16.0 Å². The first-order valence-electron chi connectivity index (χ1n) is 6.03. The molecule has 0 unspecified atom stereocenters. The van der Waals surface area contributed by atoms with Gasteiger partial charge in [-0.25, -0.2) is 0 Å². The van der Waals surface area contributed by atoms with Gasteiger partial charge in [-0.3, -0.25) is 4.79 Å². The summed E-state index contributed by atoms with van der Waals surface area (Å²) in [6, 6.07) is 0. The molecule has 94 valence electrons. The second kappa shape index (κ2) is 4.83. The number of rotatable bonds is 5. The van der Waals surface area contributed by atoms with Crippen LogP contribution in [0.5, 0.6) is 0 Å². The lowest BCUT2D eigenvalue weighted by Crippen LogP contribution is -2.44. The van der Waals surface area contributed by atoms with Crippen molar-refractivity contribution in [1.29, 1.82) is 0 Å². The van der Waals surface area contributed by atoms with Crippen LogP contribution in [0.25, 0.3) is 0 Å². The Morgan fingerprint density at radius 2 is 2.35 bits per heavy atom. The number of hydrogen-bond acceptors (Lipinski definition) is 5. The highest BCUT2D eigenvalue weighted by molar-refractivity contribution is 5.75. The van der Waals surface area contributed by atoms with Crippen molar-refractivity contribution in [3.8, 4) is 0 Å². The molecule has 1 aromatic heterocycles. The van der Waals surface area contributed by atoms with E-state index in [1.165, 1.54) is 0 Å². The largest absolute Gasteiger partial charge is 0.347 e. The zero-order valence-electron chi connectivity index (χ0n) is 10.0. The van der Waals surface area contributed by atoms with E-state index in [4.69, 9.17) is 10.3 Å². The molecule has 1 heterocycles. The summed E-state index contributed by atoms with van der Waals surface area (Å²) in [6.45, 7) is 2.24. The van der Waals surface area contributed by atoms with Crippen molar-refractivity contribution in [2.24, 2.45) is 5.73 Å². The van der Waals surface area contributed by atoms with Crippen molar-refractivity contribution in [3.05, 3.63) is 11.7 Å². The van der Waals surface area contributed by atoms with Crippen LogP contribution < -0.4 is 11.1 Å². The number of carbonyl (C=O) groups is 1. The molecule has 0 radical (unpaired) electrons. The number of aromatic nitrogens is 2. The number of nitrogens with zero attached hydrogens (tertiary/aromatic N) is 2. The third kappa shape index (κ3) is 2.63. The van der Waals surface area contributed by atoms with Gasteiger partial charge in [-0.1, -0.05) is 12.1 Å². The summed E-state index contributed by atoms with van der Waals surface area (Å²) in [6.07, 6.45) is 4.24. The van der Waals surface area contributed by atoms with Gasteiger partial charge in [0.15, 0.2) is 5.82 Å². The topological polar surface area (TPSA) is 94.0 Å². The van der Waals surface area contributed by atoms with Gasteiger partial charge >= 0.3 is 0 Å². The monoisotopic (exact) mass is 238 g/mol. The second-order valence-electron chi connectivity index (χ2n) is 4.55. The summed E-state index contributed by atoms with van der Waals surface area (Å²) in [4.78, 5) is 15.5. The standard InChI is InChI=1S/C11H18N4O2/c1-2-4-8(16)13-7-9-14-10(15-17-9)11(12)5-3-6-11/h2-7,12H2,1H3,(H,13,16). The predicted octanol–water partition coefficient (Wildman–Crippen LogP) is 0.824. The van der Waals surface area contributed by atoms with Crippen LogP contribution in [0.15, 0.2) is 4.52 Å². The lowest BCUT2D eigenvalue weighted by atomic mass is 9.77. The molecule has 6 heteroatoms. The highest BCUT2D eigenvalue weighted by Crippen LogP contribution is 2.36. The van der Waals surface area contributed by atoms with E-state index in [0.29, 0.717) is 18.1 Å². The Morgan fingerprint density at radius 3 is 2.94 bits per heavy atom. The Kier molecular flexibility index (Phi) is 3.42. The fourth-order valence-electron chi connectivity index (χ4n) is 1.80. The molecule has 0 aliphatic heterocycles. The molecule has 0 bridgehead atoms. The number of nitrogens with two attached hydrogens (primary N) is 1. The number of amides is 1. The third-order valence-electron chi connectivity index (χ3n) is 3.07. The van der Waals surface area contributed by atoms with E-state index in [-0.39, 0.29) is 12.5 Å². The van der Waals surface area contributed by atoms with Crippen LogP contribution >= 0.6 is 0 Å². The maximum Gasteiger partial charge on any atom is 0.246 e. The molecule has 17 heavy (non-hydrogen) atoms. The SMILES string of the molecule is CCCC(=O)NCc1nc(C2(N)CCC2)no1.